The fourth-order valence-electron chi connectivity index (χ4n) is 1.82. The van der Waals surface area contributed by atoms with E-state index in [-0.39, 0.29) is 24.5 Å². The van der Waals surface area contributed by atoms with Gasteiger partial charge < -0.3 is 5.32 Å². The highest BCUT2D eigenvalue weighted by atomic mass is 32.1. The quantitative estimate of drug-likeness (QED) is 0.845. The molecule has 0 bridgehead atoms. The summed E-state index contributed by atoms with van der Waals surface area (Å²) < 4.78 is 1.90. The standard InChI is InChI=1S/C13H20N6OS/c1-8-5-15-19(7-8)10(3)9(2)14-6-12(20)16-13-18-17-11(4)21-13/h5,7,9-10,14H,6H2,1-4H3,(H,16,18,20)/t9-,10-/m1/s1. The Labute approximate surface area is 127 Å². The lowest BCUT2D eigenvalue weighted by Crippen LogP contribution is -2.39. The van der Waals surface area contributed by atoms with Gasteiger partial charge in [0.25, 0.3) is 0 Å². The summed E-state index contributed by atoms with van der Waals surface area (Å²) in [6.07, 6.45) is 3.82. The SMILES string of the molecule is Cc1cnn([C@H](C)[C@@H](C)NCC(=O)Nc2nnc(C)s2)c1. The van der Waals surface area contributed by atoms with Crippen LogP contribution in [0.25, 0.3) is 0 Å². The summed E-state index contributed by atoms with van der Waals surface area (Å²) in [7, 11) is 0. The molecule has 2 rings (SSSR count). The highest BCUT2D eigenvalue weighted by Gasteiger charge is 2.16. The highest BCUT2D eigenvalue weighted by molar-refractivity contribution is 7.15. The van der Waals surface area contributed by atoms with Gasteiger partial charge in [0.2, 0.25) is 11.0 Å². The van der Waals surface area contributed by atoms with Crippen molar-refractivity contribution in [1.29, 1.82) is 0 Å². The zero-order chi connectivity index (χ0) is 15.4. The summed E-state index contributed by atoms with van der Waals surface area (Å²) in [6.45, 7) is 8.18. The molecular weight excluding hydrogens is 288 g/mol. The number of carbonyl (C=O) groups is 1. The molecule has 2 atom stereocenters. The predicted octanol–water partition coefficient (Wildman–Crippen LogP) is 1.53. The number of hydrogen-bond donors (Lipinski definition) is 2. The molecule has 0 aromatic carbocycles. The second-order valence-electron chi connectivity index (χ2n) is 5.08. The van der Waals surface area contributed by atoms with Gasteiger partial charge in [0.05, 0.1) is 18.8 Å². The minimum Gasteiger partial charge on any atom is -0.304 e. The van der Waals surface area contributed by atoms with E-state index in [1.54, 1.807) is 0 Å². The van der Waals surface area contributed by atoms with Crippen LogP contribution in [-0.4, -0.2) is 38.5 Å². The molecule has 0 aliphatic heterocycles. The van der Waals surface area contributed by atoms with Gasteiger partial charge in [-0.05, 0) is 33.3 Å². The molecule has 2 aromatic heterocycles. The number of carbonyl (C=O) groups excluding carboxylic acids is 1. The number of rotatable bonds is 6. The summed E-state index contributed by atoms with van der Waals surface area (Å²) in [4.78, 5) is 11.8. The van der Waals surface area contributed by atoms with Crippen LogP contribution in [0.5, 0.6) is 0 Å². The number of aryl methyl sites for hydroxylation is 2. The first-order valence-corrected chi connectivity index (χ1v) is 7.61. The van der Waals surface area contributed by atoms with E-state index in [9.17, 15) is 4.79 Å². The Morgan fingerprint density at radius 3 is 2.71 bits per heavy atom. The Balaban J connectivity index is 1.80. The van der Waals surface area contributed by atoms with Crippen molar-refractivity contribution < 1.29 is 4.79 Å². The van der Waals surface area contributed by atoms with E-state index in [0.717, 1.165) is 10.6 Å². The average Bonchev–Trinajstić information content (AvgIpc) is 3.04. The fraction of sp³-hybridized carbons (Fsp3) is 0.538. The van der Waals surface area contributed by atoms with E-state index in [4.69, 9.17) is 0 Å². The first kappa shape index (κ1) is 15.6. The van der Waals surface area contributed by atoms with E-state index in [2.05, 4.69) is 32.9 Å². The Hall–Kier alpha value is -1.80. The largest absolute Gasteiger partial charge is 0.304 e. The van der Waals surface area contributed by atoms with Crippen molar-refractivity contribution in [2.24, 2.45) is 0 Å². The molecular formula is C13H20N6OS. The monoisotopic (exact) mass is 308 g/mol. The van der Waals surface area contributed by atoms with Gasteiger partial charge in [-0.2, -0.15) is 5.10 Å². The molecule has 2 N–H and O–H groups in total. The lowest BCUT2D eigenvalue weighted by atomic mass is 10.2. The topological polar surface area (TPSA) is 84.7 Å². The maximum atomic E-state index is 11.8. The summed E-state index contributed by atoms with van der Waals surface area (Å²) in [5, 5.41) is 19.3. The van der Waals surface area contributed by atoms with E-state index >= 15 is 0 Å². The van der Waals surface area contributed by atoms with Gasteiger partial charge in [-0.25, -0.2) is 0 Å². The van der Waals surface area contributed by atoms with Crippen LogP contribution >= 0.6 is 11.3 Å². The van der Waals surface area contributed by atoms with Gasteiger partial charge in [0, 0.05) is 12.2 Å². The molecule has 0 aliphatic rings. The molecule has 1 amide bonds. The number of anilines is 1. The fourth-order valence-corrected chi connectivity index (χ4v) is 2.43. The van der Waals surface area contributed by atoms with Crippen LogP contribution in [0.1, 0.15) is 30.5 Å². The smallest absolute Gasteiger partial charge is 0.240 e. The van der Waals surface area contributed by atoms with Crippen molar-refractivity contribution in [3.8, 4) is 0 Å². The maximum absolute atomic E-state index is 11.8. The van der Waals surface area contributed by atoms with Crippen molar-refractivity contribution in [3.63, 3.8) is 0 Å². The van der Waals surface area contributed by atoms with E-state index in [1.807, 2.05) is 37.8 Å². The zero-order valence-corrected chi connectivity index (χ0v) is 13.4. The molecule has 0 aliphatic carbocycles. The molecule has 21 heavy (non-hydrogen) atoms. The number of hydrogen-bond acceptors (Lipinski definition) is 6. The van der Waals surface area contributed by atoms with Crippen LogP contribution in [0.3, 0.4) is 0 Å². The third kappa shape index (κ3) is 4.33. The van der Waals surface area contributed by atoms with Crippen LogP contribution in [0.2, 0.25) is 0 Å². The van der Waals surface area contributed by atoms with Crippen molar-refractivity contribution in [2.45, 2.75) is 39.8 Å². The van der Waals surface area contributed by atoms with E-state index < -0.39 is 0 Å². The molecule has 0 spiro atoms. The highest BCUT2D eigenvalue weighted by Crippen LogP contribution is 2.13. The number of nitrogens with zero attached hydrogens (tertiary/aromatic N) is 4. The van der Waals surface area contributed by atoms with Crippen LogP contribution in [0.4, 0.5) is 5.13 Å². The molecule has 2 aromatic rings. The summed E-state index contributed by atoms with van der Waals surface area (Å²) in [5.74, 6) is -0.123. The normalized spacial score (nSPS) is 13.9. The lowest BCUT2D eigenvalue weighted by molar-refractivity contribution is -0.115. The minimum atomic E-state index is -0.123. The van der Waals surface area contributed by atoms with Crippen molar-refractivity contribution in [3.05, 3.63) is 23.0 Å². The molecule has 0 saturated carbocycles. The number of amides is 1. The molecule has 0 radical (unpaired) electrons. The third-order valence-electron chi connectivity index (χ3n) is 3.23. The lowest BCUT2D eigenvalue weighted by Gasteiger charge is -2.21. The first-order chi connectivity index (χ1) is 9.95. The molecule has 8 heteroatoms. The van der Waals surface area contributed by atoms with Gasteiger partial charge >= 0.3 is 0 Å². The number of aromatic nitrogens is 4. The van der Waals surface area contributed by atoms with Crippen LogP contribution in [0, 0.1) is 13.8 Å². The zero-order valence-electron chi connectivity index (χ0n) is 12.6. The van der Waals surface area contributed by atoms with Crippen LogP contribution in [-0.2, 0) is 4.79 Å². The average molecular weight is 308 g/mol. The van der Waals surface area contributed by atoms with Crippen molar-refractivity contribution >= 4 is 22.4 Å². The molecule has 2 heterocycles. The third-order valence-corrected chi connectivity index (χ3v) is 3.98. The number of nitrogens with one attached hydrogen (secondary N) is 2. The Bertz CT molecular complexity index is 607. The summed E-state index contributed by atoms with van der Waals surface area (Å²) >= 11 is 1.36. The van der Waals surface area contributed by atoms with E-state index in [0.29, 0.717) is 5.13 Å². The Morgan fingerprint density at radius 1 is 1.38 bits per heavy atom. The van der Waals surface area contributed by atoms with Gasteiger partial charge in [-0.3, -0.25) is 14.8 Å². The van der Waals surface area contributed by atoms with E-state index in [1.165, 1.54) is 11.3 Å². The second kappa shape index (κ2) is 6.77. The second-order valence-corrected chi connectivity index (χ2v) is 6.26. The molecule has 114 valence electrons. The summed E-state index contributed by atoms with van der Waals surface area (Å²) in [5.41, 5.74) is 1.12. The molecule has 7 nitrogen and oxygen atoms in total. The summed E-state index contributed by atoms with van der Waals surface area (Å²) in [6, 6.07) is 0.279. The van der Waals surface area contributed by atoms with Crippen LogP contribution in [0.15, 0.2) is 12.4 Å². The molecule has 0 saturated heterocycles. The van der Waals surface area contributed by atoms with Gasteiger partial charge in [-0.1, -0.05) is 11.3 Å². The van der Waals surface area contributed by atoms with Crippen LogP contribution < -0.4 is 10.6 Å². The molecule has 0 fully saturated rings. The Kier molecular flexibility index (Phi) is 5.03. The Morgan fingerprint density at radius 2 is 2.14 bits per heavy atom. The predicted molar refractivity (Wildman–Crippen MR) is 82.4 cm³/mol. The first-order valence-electron chi connectivity index (χ1n) is 6.80. The van der Waals surface area contributed by atoms with Crippen molar-refractivity contribution in [1.82, 2.24) is 25.3 Å². The van der Waals surface area contributed by atoms with Gasteiger partial charge in [0.15, 0.2) is 0 Å². The maximum Gasteiger partial charge on any atom is 0.240 e. The van der Waals surface area contributed by atoms with Gasteiger partial charge in [-0.15, -0.1) is 10.2 Å². The minimum absolute atomic E-state index is 0.117. The van der Waals surface area contributed by atoms with Crippen molar-refractivity contribution in [2.75, 3.05) is 11.9 Å². The molecule has 0 unspecified atom stereocenters. The van der Waals surface area contributed by atoms with Gasteiger partial charge in [0.1, 0.15) is 5.01 Å².